The molecule has 1 saturated heterocycles. The molecule has 80 valence electrons. The van der Waals surface area contributed by atoms with Gasteiger partial charge in [0.15, 0.2) is 0 Å². The molecule has 0 radical (unpaired) electrons. The van der Waals surface area contributed by atoms with Crippen molar-refractivity contribution in [1.29, 1.82) is 0 Å². The van der Waals surface area contributed by atoms with Crippen molar-refractivity contribution in [2.45, 2.75) is 32.3 Å². The van der Waals surface area contributed by atoms with Crippen LogP contribution >= 0.6 is 0 Å². The van der Waals surface area contributed by atoms with E-state index in [4.69, 9.17) is 14.2 Å². The number of benzene rings is 1. The number of ether oxygens (including phenoxy) is 3. The Morgan fingerprint density at radius 2 is 2.13 bits per heavy atom. The highest BCUT2D eigenvalue weighted by atomic mass is 16.7. The van der Waals surface area contributed by atoms with Crippen LogP contribution in [0.15, 0.2) is 18.2 Å². The van der Waals surface area contributed by atoms with Gasteiger partial charge in [-0.2, -0.15) is 0 Å². The second kappa shape index (κ2) is 2.97. The van der Waals surface area contributed by atoms with Crippen LogP contribution in [0.1, 0.15) is 31.1 Å². The predicted molar refractivity (Wildman–Crippen MR) is 54.6 cm³/mol. The van der Waals surface area contributed by atoms with Crippen LogP contribution in [-0.4, -0.2) is 12.4 Å². The van der Waals surface area contributed by atoms with Gasteiger partial charge in [0.05, 0.1) is 13.2 Å². The molecule has 1 aromatic rings. The number of hydrogen-bond donors (Lipinski definition) is 0. The van der Waals surface area contributed by atoms with Gasteiger partial charge in [-0.05, 0) is 17.7 Å². The molecule has 3 nitrogen and oxygen atoms in total. The van der Waals surface area contributed by atoms with Crippen LogP contribution in [0.5, 0.6) is 5.75 Å². The Labute approximate surface area is 89.0 Å². The molecule has 1 unspecified atom stereocenters. The first-order valence-electron chi connectivity index (χ1n) is 5.21. The van der Waals surface area contributed by atoms with E-state index in [-0.39, 0.29) is 0 Å². The van der Waals surface area contributed by atoms with Gasteiger partial charge in [-0.1, -0.05) is 6.07 Å². The van der Waals surface area contributed by atoms with Crippen molar-refractivity contribution in [3.63, 3.8) is 0 Å². The molecule has 3 heteroatoms. The summed E-state index contributed by atoms with van der Waals surface area (Å²) in [5.74, 6) is 0.417. The Hall–Kier alpha value is -1.06. The van der Waals surface area contributed by atoms with Gasteiger partial charge in [-0.25, -0.2) is 0 Å². The minimum absolute atomic E-state index is 0.297. The maximum absolute atomic E-state index is 5.71. The molecule has 1 fully saturated rings. The van der Waals surface area contributed by atoms with E-state index in [1.807, 2.05) is 19.9 Å². The van der Waals surface area contributed by atoms with E-state index in [2.05, 4.69) is 12.1 Å². The zero-order valence-corrected chi connectivity index (χ0v) is 8.95. The molecule has 3 rings (SSSR count). The van der Waals surface area contributed by atoms with Gasteiger partial charge in [-0.3, -0.25) is 0 Å². The van der Waals surface area contributed by atoms with Crippen molar-refractivity contribution in [3.05, 3.63) is 29.3 Å². The van der Waals surface area contributed by atoms with Gasteiger partial charge >= 0.3 is 0 Å². The SMILES string of the molecule is CC1(C)OCc2cc(C3CO3)ccc2O1. The lowest BCUT2D eigenvalue weighted by Gasteiger charge is -2.32. The van der Waals surface area contributed by atoms with E-state index in [1.165, 1.54) is 5.56 Å². The summed E-state index contributed by atoms with van der Waals surface area (Å²) in [4.78, 5) is 0. The Balaban J connectivity index is 1.93. The molecule has 1 atom stereocenters. The monoisotopic (exact) mass is 206 g/mol. The summed E-state index contributed by atoms with van der Waals surface area (Å²) < 4.78 is 16.5. The van der Waals surface area contributed by atoms with Crippen LogP contribution in [0, 0.1) is 0 Å². The second-order valence-electron chi connectivity index (χ2n) is 4.48. The quantitative estimate of drug-likeness (QED) is 0.661. The van der Waals surface area contributed by atoms with Gasteiger partial charge in [0, 0.05) is 19.4 Å². The Kier molecular flexibility index (Phi) is 1.82. The van der Waals surface area contributed by atoms with E-state index < -0.39 is 5.79 Å². The highest BCUT2D eigenvalue weighted by Crippen LogP contribution is 2.36. The summed E-state index contributed by atoms with van der Waals surface area (Å²) in [6.45, 7) is 5.30. The molecule has 15 heavy (non-hydrogen) atoms. The third kappa shape index (κ3) is 1.73. The fourth-order valence-electron chi connectivity index (χ4n) is 1.80. The second-order valence-corrected chi connectivity index (χ2v) is 4.48. The summed E-state index contributed by atoms with van der Waals surface area (Å²) in [6.07, 6.45) is 0.297. The first-order valence-corrected chi connectivity index (χ1v) is 5.21. The van der Waals surface area contributed by atoms with E-state index in [9.17, 15) is 0 Å². The normalized spacial score (nSPS) is 26.7. The van der Waals surface area contributed by atoms with Crippen molar-refractivity contribution in [1.82, 2.24) is 0 Å². The van der Waals surface area contributed by atoms with Crippen LogP contribution < -0.4 is 4.74 Å². The molecule has 2 heterocycles. The molecule has 2 aliphatic rings. The molecule has 0 aliphatic carbocycles. The molecule has 0 spiro atoms. The summed E-state index contributed by atoms with van der Waals surface area (Å²) in [5, 5.41) is 0. The van der Waals surface area contributed by atoms with Crippen molar-refractivity contribution < 1.29 is 14.2 Å². The van der Waals surface area contributed by atoms with Crippen LogP contribution in [0.25, 0.3) is 0 Å². The first-order chi connectivity index (χ1) is 7.14. The third-order valence-corrected chi connectivity index (χ3v) is 2.72. The van der Waals surface area contributed by atoms with E-state index in [0.29, 0.717) is 12.7 Å². The highest BCUT2D eigenvalue weighted by Gasteiger charge is 2.30. The Bertz CT molecular complexity index is 394. The van der Waals surface area contributed by atoms with Gasteiger partial charge < -0.3 is 14.2 Å². The molecule has 0 aromatic heterocycles. The largest absolute Gasteiger partial charge is 0.463 e. The predicted octanol–water partition coefficient (Wildman–Crippen LogP) is 2.40. The smallest absolute Gasteiger partial charge is 0.205 e. The molecule has 0 N–H and O–H groups in total. The zero-order valence-electron chi connectivity index (χ0n) is 8.95. The molecule has 0 saturated carbocycles. The lowest BCUT2D eigenvalue weighted by molar-refractivity contribution is -0.180. The summed E-state index contributed by atoms with van der Waals surface area (Å²) in [5.41, 5.74) is 2.34. The summed E-state index contributed by atoms with van der Waals surface area (Å²) in [7, 11) is 0. The van der Waals surface area contributed by atoms with Gasteiger partial charge in [0.1, 0.15) is 11.9 Å². The number of hydrogen-bond acceptors (Lipinski definition) is 3. The van der Waals surface area contributed by atoms with Crippen molar-refractivity contribution in [3.8, 4) is 5.75 Å². The number of epoxide rings is 1. The van der Waals surface area contributed by atoms with Crippen molar-refractivity contribution >= 4 is 0 Å². The highest BCUT2D eigenvalue weighted by molar-refractivity contribution is 5.39. The fourth-order valence-corrected chi connectivity index (χ4v) is 1.80. The van der Waals surface area contributed by atoms with Gasteiger partial charge in [-0.15, -0.1) is 0 Å². The van der Waals surface area contributed by atoms with E-state index in [0.717, 1.165) is 17.9 Å². The average Bonchev–Trinajstić information content (AvgIpc) is 2.99. The standard InChI is InChI=1S/C12H14O3/c1-12(2)14-6-9-5-8(11-7-13-11)3-4-10(9)15-12/h3-5,11H,6-7H2,1-2H3. The minimum Gasteiger partial charge on any atom is -0.463 e. The molecule has 2 aliphatic heterocycles. The lowest BCUT2D eigenvalue weighted by atomic mass is 10.1. The lowest BCUT2D eigenvalue weighted by Crippen LogP contribution is -2.35. The average molecular weight is 206 g/mol. The molecular weight excluding hydrogens is 192 g/mol. The third-order valence-electron chi connectivity index (χ3n) is 2.72. The molecule has 1 aromatic carbocycles. The zero-order chi connectivity index (χ0) is 10.5. The Morgan fingerprint density at radius 3 is 2.87 bits per heavy atom. The van der Waals surface area contributed by atoms with Crippen molar-refractivity contribution in [2.24, 2.45) is 0 Å². The molecule has 0 bridgehead atoms. The van der Waals surface area contributed by atoms with Crippen LogP contribution in [-0.2, 0) is 16.1 Å². The summed E-state index contributed by atoms with van der Waals surface area (Å²) in [6, 6.07) is 6.19. The van der Waals surface area contributed by atoms with E-state index >= 15 is 0 Å². The minimum atomic E-state index is -0.509. The van der Waals surface area contributed by atoms with E-state index in [1.54, 1.807) is 0 Å². The maximum Gasteiger partial charge on any atom is 0.205 e. The van der Waals surface area contributed by atoms with Crippen molar-refractivity contribution in [2.75, 3.05) is 6.61 Å². The van der Waals surface area contributed by atoms with Gasteiger partial charge in [0.2, 0.25) is 5.79 Å². The Morgan fingerprint density at radius 1 is 1.33 bits per heavy atom. The van der Waals surface area contributed by atoms with Crippen LogP contribution in [0.2, 0.25) is 0 Å². The first kappa shape index (κ1) is 9.19. The van der Waals surface area contributed by atoms with Gasteiger partial charge in [0.25, 0.3) is 0 Å². The van der Waals surface area contributed by atoms with Crippen LogP contribution in [0.3, 0.4) is 0 Å². The number of fused-ring (bicyclic) bond motifs is 1. The molecular formula is C12H14O3. The van der Waals surface area contributed by atoms with Crippen LogP contribution in [0.4, 0.5) is 0 Å². The maximum atomic E-state index is 5.71. The number of rotatable bonds is 1. The molecule has 0 amide bonds. The topological polar surface area (TPSA) is 31.0 Å². The summed E-state index contributed by atoms with van der Waals surface area (Å²) >= 11 is 0. The fraction of sp³-hybridized carbons (Fsp3) is 0.500.